The van der Waals surface area contributed by atoms with E-state index in [1.807, 2.05) is 0 Å². The molecular formula is C24H17F6NO3. The molecule has 1 N–H and O–H groups in total. The highest BCUT2D eigenvalue weighted by molar-refractivity contribution is 6.05. The molecule has 0 aliphatic heterocycles. The van der Waals surface area contributed by atoms with Gasteiger partial charge in [-0.1, -0.05) is 30.3 Å². The van der Waals surface area contributed by atoms with E-state index >= 15 is 0 Å². The van der Waals surface area contributed by atoms with Gasteiger partial charge in [0.15, 0.2) is 0 Å². The normalized spacial score (nSPS) is 16.4. The first-order chi connectivity index (χ1) is 16.0. The van der Waals surface area contributed by atoms with Gasteiger partial charge in [0.2, 0.25) is 0 Å². The molecule has 1 aromatic heterocycles. The highest BCUT2D eigenvalue weighted by Gasteiger charge is 2.59. The third-order valence-corrected chi connectivity index (χ3v) is 5.44. The summed E-state index contributed by atoms with van der Waals surface area (Å²) in [6.45, 7) is 0. The highest BCUT2D eigenvalue weighted by atomic mass is 19.4. The number of hydrogen-bond acceptors (Lipinski definition) is 3. The molecule has 0 radical (unpaired) electrons. The van der Waals surface area contributed by atoms with Gasteiger partial charge in [-0.15, -0.1) is 0 Å². The Morgan fingerprint density at radius 1 is 1.03 bits per heavy atom. The number of carbonyl (C=O) groups is 1. The fraction of sp³-hybridized carbons (Fsp3) is 0.250. The minimum atomic E-state index is -5.77. The standard InChI is InChI=1S/C24H17F6NO3/c25-22(23(26,27)28)24(29,30)34-15-10-8-13(9-11-15)12-14-4-3-6-17-19(21(32)33)16-5-1-2-7-18(16)31-20(14)17/h1-2,5,7-12,22H,3-4,6H2,(H,32,33)/b14-12+/t22-/m1/s1. The first-order valence-corrected chi connectivity index (χ1v) is 10.2. The second-order valence-corrected chi connectivity index (χ2v) is 7.80. The van der Waals surface area contributed by atoms with E-state index in [4.69, 9.17) is 0 Å². The molecule has 0 fully saturated rings. The van der Waals surface area contributed by atoms with E-state index < -0.39 is 30.2 Å². The van der Waals surface area contributed by atoms with Crippen molar-refractivity contribution < 1.29 is 41.0 Å². The van der Waals surface area contributed by atoms with Gasteiger partial charge in [0.05, 0.1) is 16.8 Å². The molecule has 10 heteroatoms. The summed E-state index contributed by atoms with van der Waals surface area (Å²) in [5, 5.41) is 10.3. The van der Waals surface area contributed by atoms with Crippen LogP contribution in [0.1, 0.15) is 40.0 Å². The van der Waals surface area contributed by atoms with Crippen LogP contribution in [0.3, 0.4) is 0 Å². The molecule has 4 rings (SSSR count). The predicted molar refractivity (Wildman–Crippen MR) is 112 cm³/mol. The molecule has 2 aromatic carbocycles. The minimum Gasteiger partial charge on any atom is -0.478 e. The zero-order valence-corrected chi connectivity index (χ0v) is 17.4. The van der Waals surface area contributed by atoms with Gasteiger partial charge in [0.1, 0.15) is 5.75 Å². The second-order valence-electron chi connectivity index (χ2n) is 7.80. The first-order valence-electron chi connectivity index (χ1n) is 10.2. The van der Waals surface area contributed by atoms with Gasteiger partial charge < -0.3 is 9.84 Å². The molecule has 1 heterocycles. The lowest BCUT2D eigenvalue weighted by Gasteiger charge is -2.23. The van der Waals surface area contributed by atoms with Crippen molar-refractivity contribution in [3.05, 3.63) is 70.9 Å². The average Bonchev–Trinajstić information content (AvgIpc) is 2.77. The van der Waals surface area contributed by atoms with Gasteiger partial charge in [-0.2, -0.15) is 22.0 Å². The number of hydrogen-bond donors (Lipinski definition) is 1. The Bertz CT molecular complexity index is 1270. The second kappa shape index (κ2) is 8.66. The molecule has 1 aliphatic rings. The minimum absolute atomic E-state index is 0.183. The van der Waals surface area contributed by atoms with Crippen molar-refractivity contribution in [3.63, 3.8) is 0 Å². The Hall–Kier alpha value is -3.56. The van der Waals surface area contributed by atoms with Crippen LogP contribution < -0.4 is 4.74 Å². The topological polar surface area (TPSA) is 59.4 Å². The summed E-state index contributed by atoms with van der Waals surface area (Å²) in [5.41, 5.74) is 3.06. The largest absolute Gasteiger partial charge is 0.478 e. The van der Waals surface area contributed by atoms with Crippen LogP contribution >= 0.6 is 0 Å². The van der Waals surface area contributed by atoms with Crippen LogP contribution in [-0.4, -0.2) is 34.5 Å². The summed E-state index contributed by atoms with van der Waals surface area (Å²) in [4.78, 5) is 16.6. The van der Waals surface area contributed by atoms with Gasteiger partial charge >= 0.3 is 18.3 Å². The number of para-hydroxylation sites is 1. The molecule has 0 saturated heterocycles. The van der Waals surface area contributed by atoms with Crippen LogP contribution in [-0.2, 0) is 6.42 Å². The van der Waals surface area contributed by atoms with Gasteiger partial charge in [0, 0.05) is 5.39 Å². The fourth-order valence-corrected chi connectivity index (χ4v) is 3.95. The van der Waals surface area contributed by atoms with Crippen molar-refractivity contribution in [2.24, 2.45) is 0 Å². The molecule has 0 bridgehead atoms. The molecule has 1 aliphatic carbocycles. The van der Waals surface area contributed by atoms with Gasteiger partial charge in [-0.25, -0.2) is 14.2 Å². The van der Waals surface area contributed by atoms with Crippen LogP contribution in [0.25, 0.3) is 22.6 Å². The number of allylic oxidation sites excluding steroid dienone is 1. The Morgan fingerprint density at radius 3 is 2.35 bits per heavy atom. The van der Waals surface area contributed by atoms with Gasteiger partial charge in [-0.05, 0) is 60.2 Å². The molecule has 0 saturated carbocycles. The number of benzene rings is 2. The number of pyridine rings is 1. The van der Waals surface area contributed by atoms with Crippen molar-refractivity contribution in [1.29, 1.82) is 0 Å². The number of carboxylic acid groups (broad SMARTS) is 1. The van der Waals surface area contributed by atoms with Crippen LogP contribution in [0.2, 0.25) is 0 Å². The van der Waals surface area contributed by atoms with Crippen LogP contribution in [0.5, 0.6) is 5.75 Å². The summed E-state index contributed by atoms with van der Waals surface area (Å²) in [5.74, 6) is -1.70. The number of alkyl halides is 6. The fourth-order valence-electron chi connectivity index (χ4n) is 3.95. The highest BCUT2D eigenvalue weighted by Crippen LogP contribution is 2.38. The van der Waals surface area contributed by atoms with Crippen molar-refractivity contribution in [2.75, 3.05) is 0 Å². The summed E-state index contributed by atoms with van der Waals surface area (Å²) in [6.07, 6.45) is -11.8. The van der Waals surface area contributed by atoms with E-state index in [1.54, 1.807) is 30.3 Å². The van der Waals surface area contributed by atoms with Gasteiger partial charge in [0.25, 0.3) is 6.17 Å². The van der Waals surface area contributed by atoms with E-state index in [9.17, 15) is 36.2 Å². The quantitative estimate of drug-likeness (QED) is 0.413. The maximum Gasteiger partial charge on any atom is 0.439 e. The molecule has 178 valence electrons. The maximum absolute atomic E-state index is 13.5. The van der Waals surface area contributed by atoms with Crippen LogP contribution in [0, 0.1) is 0 Å². The summed E-state index contributed by atoms with van der Waals surface area (Å²) < 4.78 is 80.8. The van der Waals surface area contributed by atoms with Crippen molar-refractivity contribution in [1.82, 2.24) is 4.98 Å². The molecule has 0 amide bonds. The average molecular weight is 481 g/mol. The number of fused-ring (bicyclic) bond motifs is 2. The maximum atomic E-state index is 13.5. The lowest BCUT2D eigenvalue weighted by molar-refractivity contribution is -0.304. The number of aromatic nitrogens is 1. The van der Waals surface area contributed by atoms with Crippen molar-refractivity contribution >= 4 is 28.5 Å². The Kier molecular flexibility index (Phi) is 6.01. The molecule has 0 spiro atoms. The zero-order valence-electron chi connectivity index (χ0n) is 17.4. The zero-order chi connectivity index (χ0) is 24.7. The van der Waals surface area contributed by atoms with E-state index in [-0.39, 0.29) is 5.56 Å². The molecule has 34 heavy (non-hydrogen) atoms. The van der Waals surface area contributed by atoms with Crippen molar-refractivity contribution in [2.45, 2.75) is 37.7 Å². The Morgan fingerprint density at radius 2 is 1.71 bits per heavy atom. The molecule has 4 nitrogen and oxygen atoms in total. The number of ether oxygens (including phenoxy) is 1. The first kappa shape index (κ1) is 23.6. The molecular weight excluding hydrogens is 464 g/mol. The number of halogens is 6. The number of aromatic carboxylic acids is 1. The summed E-state index contributed by atoms with van der Waals surface area (Å²) in [6, 6.07) is 11.5. The lowest BCUT2D eigenvalue weighted by Crippen LogP contribution is -2.45. The smallest absolute Gasteiger partial charge is 0.439 e. The third-order valence-electron chi connectivity index (χ3n) is 5.44. The summed E-state index contributed by atoms with van der Waals surface area (Å²) >= 11 is 0. The van der Waals surface area contributed by atoms with Crippen LogP contribution in [0.4, 0.5) is 26.3 Å². The van der Waals surface area contributed by atoms with E-state index in [2.05, 4.69) is 9.72 Å². The van der Waals surface area contributed by atoms with Crippen LogP contribution in [0.15, 0.2) is 48.5 Å². The Balaban J connectivity index is 1.66. The summed E-state index contributed by atoms with van der Waals surface area (Å²) in [7, 11) is 0. The molecule has 1 atom stereocenters. The number of nitrogens with zero attached hydrogens (tertiary/aromatic N) is 1. The predicted octanol–water partition coefficient (Wildman–Crippen LogP) is 6.68. The van der Waals surface area contributed by atoms with E-state index in [0.717, 1.165) is 17.7 Å². The van der Waals surface area contributed by atoms with Crippen molar-refractivity contribution in [3.8, 4) is 5.75 Å². The molecule has 0 unspecified atom stereocenters. The third kappa shape index (κ3) is 4.57. The van der Waals surface area contributed by atoms with Gasteiger partial charge in [-0.3, -0.25) is 0 Å². The van der Waals surface area contributed by atoms with E-state index in [1.165, 1.54) is 12.1 Å². The molecule has 3 aromatic rings. The SMILES string of the molecule is O=C(O)c1c2c(nc3ccccc13)/C(=C/c1ccc(OC(F)(F)[C@H](F)C(F)(F)F)cc1)CCC2. The lowest BCUT2D eigenvalue weighted by atomic mass is 9.86. The number of rotatable bonds is 5. The monoisotopic (exact) mass is 481 g/mol. The Labute approximate surface area is 189 Å². The number of carboxylic acids is 1. The van der Waals surface area contributed by atoms with E-state index in [0.29, 0.717) is 47.0 Å².